The molecule has 202 valence electrons. The van der Waals surface area contributed by atoms with E-state index in [4.69, 9.17) is 0 Å². The van der Waals surface area contributed by atoms with E-state index in [1.165, 1.54) is 15.9 Å². The number of pyridine rings is 1. The van der Waals surface area contributed by atoms with Crippen LogP contribution in [-0.4, -0.2) is 72.3 Å². The quantitative estimate of drug-likeness (QED) is 0.482. The zero-order chi connectivity index (χ0) is 26.9. The highest BCUT2D eigenvalue weighted by molar-refractivity contribution is 7.89. The van der Waals surface area contributed by atoms with Gasteiger partial charge in [0, 0.05) is 63.9 Å². The van der Waals surface area contributed by atoms with Crippen molar-refractivity contribution < 1.29 is 13.2 Å². The van der Waals surface area contributed by atoms with E-state index in [0.717, 1.165) is 32.5 Å². The van der Waals surface area contributed by atoms with Crippen LogP contribution in [0.3, 0.4) is 0 Å². The minimum absolute atomic E-state index is 0.0946. The van der Waals surface area contributed by atoms with Gasteiger partial charge in [0.25, 0.3) is 5.91 Å². The van der Waals surface area contributed by atoms with Crippen LogP contribution in [0.5, 0.6) is 0 Å². The Kier molecular flexibility index (Phi) is 7.70. The van der Waals surface area contributed by atoms with E-state index >= 15 is 0 Å². The number of fused-ring (bicyclic) bond motifs is 1. The summed E-state index contributed by atoms with van der Waals surface area (Å²) in [7, 11) is -3.71. The minimum atomic E-state index is -3.71. The first-order valence-corrected chi connectivity index (χ1v) is 14.9. The molecule has 2 aliphatic heterocycles. The van der Waals surface area contributed by atoms with E-state index in [0.29, 0.717) is 44.2 Å². The van der Waals surface area contributed by atoms with Crippen molar-refractivity contribution in [2.45, 2.75) is 44.7 Å². The fourth-order valence-corrected chi connectivity index (χ4v) is 6.94. The zero-order valence-electron chi connectivity index (χ0n) is 22.2. The van der Waals surface area contributed by atoms with Gasteiger partial charge in [-0.15, -0.1) is 0 Å². The molecule has 0 spiro atoms. The third kappa shape index (κ3) is 5.28. The van der Waals surface area contributed by atoms with Crippen molar-refractivity contribution in [2.75, 3.05) is 39.3 Å². The summed E-state index contributed by atoms with van der Waals surface area (Å²) < 4.78 is 30.1. The number of aryl methyl sites for hydroxylation is 1. The fraction of sp³-hybridized carbons (Fsp3) is 0.448. The lowest BCUT2D eigenvalue weighted by molar-refractivity contribution is 0.0626. The van der Waals surface area contributed by atoms with Crippen LogP contribution >= 0.6 is 0 Å². The summed E-state index contributed by atoms with van der Waals surface area (Å²) in [5.74, 6) is 0.209. The molecule has 0 aliphatic carbocycles. The number of aromatic nitrogens is 1. The number of benzene rings is 2. The van der Waals surface area contributed by atoms with Crippen molar-refractivity contribution in [3.63, 3.8) is 0 Å². The van der Waals surface area contributed by atoms with Gasteiger partial charge in [-0.3, -0.25) is 14.5 Å². The molecule has 3 heterocycles. The van der Waals surface area contributed by atoms with Crippen molar-refractivity contribution in [3.05, 3.63) is 76.1 Å². The maximum Gasteiger partial charge on any atom is 0.259 e. The average Bonchev–Trinajstić information content (AvgIpc) is 2.94. The first-order chi connectivity index (χ1) is 18.3. The Morgan fingerprint density at radius 3 is 2.29 bits per heavy atom. The fourth-order valence-electron chi connectivity index (χ4n) is 5.45. The van der Waals surface area contributed by atoms with Gasteiger partial charge in [-0.1, -0.05) is 37.3 Å². The molecule has 0 saturated carbocycles. The highest BCUT2D eigenvalue weighted by atomic mass is 32.2. The molecule has 0 N–H and O–H groups in total. The molecule has 0 unspecified atom stereocenters. The van der Waals surface area contributed by atoms with E-state index in [1.54, 1.807) is 23.2 Å². The molecule has 2 saturated heterocycles. The Balaban J connectivity index is 1.40. The molecule has 9 heteroatoms. The number of piperazine rings is 1. The van der Waals surface area contributed by atoms with Crippen LogP contribution in [0.4, 0.5) is 0 Å². The lowest BCUT2D eigenvalue weighted by Crippen LogP contribution is -2.49. The Labute approximate surface area is 224 Å². The van der Waals surface area contributed by atoms with E-state index in [1.807, 2.05) is 29.7 Å². The van der Waals surface area contributed by atoms with Crippen LogP contribution in [0.15, 0.2) is 64.4 Å². The van der Waals surface area contributed by atoms with Crippen molar-refractivity contribution in [1.82, 2.24) is 18.7 Å². The molecule has 0 radical (unpaired) electrons. The molecule has 0 atom stereocenters. The maximum atomic E-state index is 13.6. The Bertz CT molecular complexity index is 1470. The molecule has 2 fully saturated rings. The highest BCUT2D eigenvalue weighted by Gasteiger charge is 2.30. The second-order valence-corrected chi connectivity index (χ2v) is 12.4. The molecule has 1 aromatic heterocycles. The third-order valence-corrected chi connectivity index (χ3v) is 9.81. The average molecular weight is 537 g/mol. The largest absolute Gasteiger partial charge is 0.347 e. The van der Waals surface area contributed by atoms with E-state index < -0.39 is 15.5 Å². The molecular weight excluding hydrogens is 500 g/mol. The van der Waals surface area contributed by atoms with Crippen LogP contribution in [0, 0.1) is 5.92 Å². The number of sulfonamides is 1. The molecule has 5 rings (SSSR count). The summed E-state index contributed by atoms with van der Waals surface area (Å²) in [6, 6.07) is 15.0. The molecular formula is C29H36N4O4S. The smallest absolute Gasteiger partial charge is 0.259 e. The topological polar surface area (TPSA) is 82.9 Å². The van der Waals surface area contributed by atoms with Gasteiger partial charge < -0.3 is 9.47 Å². The Hall–Kier alpha value is -3.01. The maximum absolute atomic E-state index is 13.6. The predicted octanol–water partition coefficient (Wildman–Crippen LogP) is 3.40. The molecule has 8 nitrogen and oxygen atoms in total. The minimum Gasteiger partial charge on any atom is -0.347 e. The van der Waals surface area contributed by atoms with Gasteiger partial charge >= 0.3 is 0 Å². The number of hydrogen-bond donors (Lipinski definition) is 0. The molecule has 3 aromatic rings. The zero-order valence-corrected chi connectivity index (χ0v) is 23.0. The highest BCUT2D eigenvalue weighted by Crippen LogP contribution is 2.26. The number of nitrogens with zero attached hydrogens (tertiary/aromatic N) is 4. The second-order valence-electron chi connectivity index (χ2n) is 10.5. The van der Waals surface area contributed by atoms with Gasteiger partial charge in [0.05, 0.1) is 10.4 Å². The van der Waals surface area contributed by atoms with Crippen molar-refractivity contribution in [2.24, 2.45) is 5.92 Å². The normalized spacial score (nSPS) is 18.2. The van der Waals surface area contributed by atoms with E-state index in [2.05, 4.69) is 24.0 Å². The molecule has 2 aliphatic rings. The first kappa shape index (κ1) is 26.6. The van der Waals surface area contributed by atoms with Crippen LogP contribution in [0.25, 0.3) is 10.9 Å². The standard InChI is InChI=1S/C29H36N4O4S/c1-3-31-21-26(29(35)32-17-15-30(16-18-32)20-23-7-5-4-6-8-23)28(34)25-19-24(9-10-27(25)31)38(36,37)33-13-11-22(2)12-14-33/h4-10,19,21-22H,3,11-18,20H2,1-2H3. The van der Waals surface area contributed by atoms with Crippen molar-refractivity contribution in [3.8, 4) is 0 Å². The SMILES string of the molecule is CCn1cc(C(=O)N2CCN(Cc3ccccc3)CC2)c(=O)c2cc(S(=O)(=O)N3CCC(C)CC3)ccc21. The number of hydrogen-bond acceptors (Lipinski definition) is 5. The number of carbonyl (C=O) groups excluding carboxylic acids is 1. The monoisotopic (exact) mass is 536 g/mol. The van der Waals surface area contributed by atoms with Gasteiger partial charge in [0.1, 0.15) is 5.56 Å². The summed E-state index contributed by atoms with van der Waals surface area (Å²) >= 11 is 0. The molecule has 1 amide bonds. The summed E-state index contributed by atoms with van der Waals surface area (Å²) in [5, 5.41) is 0.270. The number of carbonyl (C=O) groups is 1. The van der Waals surface area contributed by atoms with Gasteiger partial charge in [0.15, 0.2) is 0 Å². The molecule has 2 aromatic carbocycles. The number of piperidine rings is 1. The van der Waals surface area contributed by atoms with Crippen LogP contribution in [-0.2, 0) is 23.1 Å². The lowest BCUT2D eigenvalue weighted by atomic mass is 10.0. The van der Waals surface area contributed by atoms with Gasteiger partial charge in [-0.2, -0.15) is 4.31 Å². The lowest BCUT2D eigenvalue weighted by Gasteiger charge is -2.34. The van der Waals surface area contributed by atoms with Gasteiger partial charge in [-0.25, -0.2) is 8.42 Å². The number of amides is 1. The van der Waals surface area contributed by atoms with Crippen molar-refractivity contribution >= 4 is 26.8 Å². The summed E-state index contributed by atoms with van der Waals surface area (Å²) in [4.78, 5) is 31.3. The molecule has 0 bridgehead atoms. The summed E-state index contributed by atoms with van der Waals surface area (Å²) in [6.45, 7) is 8.96. The molecule has 38 heavy (non-hydrogen) atoms. The van der Waals surface area contributed by atoms with Crippen LogP contribution < -0.4 is 5.43 Å². The predicted molar refractivity (Wildman–Crippen MR) is 149 cm³/mol. The van der Waals surface area contributed by atoms with Crippen molar-refractivity contribution in [1.29, 1.82) is 0 Å². The summed E-state index contributed by atoms with van der Waals surface area (Å²) in [6.07, 6.45) is 3.28. The van der Waals surface area contributed by atoms with Crippen LogP contribution in [0.1, 0.15) is 42.6 Å². The van der Waals surface area contributed by atoms with E-state index in [9.17, 15) is 18.0 Å². The first-order valence-electron chi connectivity index (χ1n) is 13.5. The van der Waals surface area contributed by atoms with Gasteiger partial charge in [0.2, 0.25) is 15.5 Å². The second kappa shape index (κ2) is 11.0. The van der Waals surface area contributed by atoms with E-state index in [-0.39, 0.29) is 21.8 Å². The Morgan fingerprint density at radius 1 is 0.947 bits per heavy atom. The summed E-state index contributed by atoms with van der Waals surface area (Å²) in [5.41, 5.74) is 1.55. The third-order valence-electron chi connectivity index (χ3n) is 7.91. The number of rotatable bonds is 6. The Morgan fingerprint density at radius 2 is 1.63 bits per heavy atom. The van der Waals surface area contributed by atoms with Crippen LogP contribution in [0.2, 0.25) is 0 Å². The van der Waals surface area contributed by atoms with Gasteiger partial charge in [-0.05, 0) is 49.4 Å².